The van der Waals surface area contributed by atoms with Gasteiger partial charge in [-0.1, -0.05) is 0 Å². The summed E-state index contributed by atoms with van der Waals surface area (Å²) in [7, 11) is -1.23. The van der Waals surface area contributed by atoms with Crippen molar-refractivity contribution in [3.63, 3.8) is 0 Å². The summed E-state index contributed by atoms with van der Waals surface area (Å²) >= 11 is 0. The number of H-pyrrole nitrogens is 1. The first-order valence-electron chi connectivity index (χ1n) is 9.00. The Kier molecular flexibility index (Phi) is 5.67. The fraction of sp³-hybridized carbons (Fsp3) is 0.412. The number of esters is 1. The van der Waals surface area contributed by atoms with E-state index < -0.39 is 45.2 Å². The molecule has 1 aliphatic rings. The van der Waals surface area contributed by atoms with E-state index in [9.17, 15) is 27.6 Å². The molecule has 0 spiro atoms. The number of nitrogens with two attached hydrogens (primary N) is 1. The van der Waals surface area contributed by atoms with Gasteiger partial charge in [0, 0.05) is 33.4 Å². The van der Waals surface area contributed by atoms with Crippen LogP contribution in [0, 0.1) is 0 Å². The van der Waals surface area contributed by atoms with Crippen LogP contribution in [0.15, 0.2) is 26.7 Å². The monoisotopic (exact) mass is 439 g/mol. The Morgan fingerprint density at radius 1 is 1.17 bits per heavy atom. The van der Waals surface area contributed by atoms with Crippen molar-refractivity contribution in [2.75, 3.05) is 25.4 Å². The Morgan fingerprint density at radius 2 is 1.80 bits per heavy atom. The van der Waals surface area contributed by atoms with Crippen LogP contribution < -0.4 is 17.0 Å². The van der Waals surface area contributed by atoms with Gasteiger partial charge in [0.05, 0.1) is 0 Å². The molecular formula is C17H21N5O7S. The van der Waals surface area contributed by atoms with E-state index in [-0.39, 0.29) is 16.4 Å². The Morgan fingerprint density at radius 3 is 2.43 bits per heavy atom. The van der Waals surface area contributed by atoms with Crippen molar-refractivity contribution in [1.82, 2.24) is 18.4 Å². The van der Waals surface area contributed by atoms with Crippen LogP contribution in [0.1, 0.15) is 33.7 Å². The smallest absolute Gasteiger partial charge is 0.355 e. The van der Waals surface area contributed by atoms with Crippen LogP contribution in [0.25, 0.3) is 0 Å². The highest BCUT2D eigenvalue weighted by molar-refractivity contribution is 7.89. The zero-order valence-corrected chi connectivity index (χ0v) is 17.2. The van der Waals surface area contributed by atoms with E-state index in [4.69, 9.17) is 10.5 Å². The molecule has 2 aromatic rings. The fourth-order valence-electron chi connectivity index (χ4n) is 3.12. The average molecular weight is 439 g/mol. The molecule has 13 heteroatoms. The number of ketones is 1. The van der Waals surface area contributed by atoms with Crippen LogP contribution in [0.4, 0.5) is 5.82 Å². The summed E-state index contributed by atoms with van der Waals surface area (Å²) in [6.45, 7) is 0.0131. The Bertz CT molecular complexity index is 1230. The number of carbonyl (C=O) groups excluding carboxylic acids is 2. The van der Waals surface area contributed by atoms with Crippen LogP contribution in [0.5, 0.6) is 0 Å². The first kappa shape index (κ1) is 21.5. The van der Waals surface area contributed by atoms with Gasteiger partial charge in [0.1, 0.15) is 22.0 Å². The molecule has 3 rings (SSSR count). The number of ether oxygens (including phenoxy) is 1. The van der Waals surface area contributed by atoms with Crippen LogP contribution in [-0.2, 0) is 28.9 Å². The summed E-state index contributed by atoms with van der Waals surface area (Å²) in [5, 5.41) is 0. The van der Waals surface area contributed by atoms with Gasteiger partial charge in [0.2, 0.25) is 15.8 Å². The third-order valence-electron chi connectivity index (χ3n) is 4.90. The second-order valence-electron chi connectivity index (χ2n) is 6.83. The normalized spacial score (nSPS) is 14.7. The number of Topliss-reactive ketones (excluding diaryl/α,β-unsaturated/α-hetero) is 1. The maximum atomic E-state index is 12.5. The summed E-state index contributed by atoms with van der Waals surface area (Å²) in [6.07, 6.45) is 2.72. The SMILES string of the molecule is Cn1c(N)c(C(=O)COC(=O)c2cc(S(=O)(=O)N3CCCC3)c[nH]2)c(=O)n(C)c1=O. The van der Waals surface area contributed by atoms with Crippen LogP contribution in [0.3, 0.4) is 0 Å². The van der Waals surface area contributed by atoms with Gasteiger partial charge in [-0.15, -0.1) is 0 Å². The zero-order chi connectivity index (χ0) is 22.2. The topological polar surface area (TPSA) is 167 Å². The van der Waals surface area contributed by atoms with Gasteiger partial charge in [0.25, 0.3) is 5.56 Å². The molecule has 3 heterocycles. The maximum absolute atomic E-state index is 12.5. The highest BCUT2D eigenvalue weighted by Gasteiger charge is 2.29. The average Bonchev–Trinajstić information content (AvgIpc) is 3.41. The van der Waals surface area contributed by atoms with E-state index in [2.05, 4.69) is 4.98 Å². The molecule has 1 fully saturated rings. The molecule has 0 radical (unpaired) electrons. The molecule has 0 aromatic carbocycles. The molecule has 12 nitrogen and oxygen atoms in total. The quantitative estimate of drug-likeness (QED) is 0.419. The molecule has 0 amide bonds. The van der Waals surface area contributed by atoms with Crippen molar-refractivity contribution in [1.29, 1.82) is 0 Å². The summed E-state index contributed by atoms with van der Waals surface area (Å²) < 4.78 is 32.9. The van der Waals surface area contributed by atoms with E-state index in [1.54, 1.807) is 0 Å². The summed E-state index contributed by atoms with van der Waals surface area (Å²) in [5.41, 5.74) is 3.44. The third-order valence-corrected chi connectivity index (χ3v) is 6.78. The van der Waals surface area contributed by atoms with Crippen molar-refractivity contribution < 1.29 is 22.7 Å². The number of rotatable bonds is 6. The second-order valence-corrected chi connectivity index (χ2v) is 8.76. The summed E-state index contributed by atoms with van der Waals surface area (Å²) in [5.74, 6) is -2.22. The van der Waals surface area contributed by atoms with Crippen molar-refractivity contribution in [3.8, 4) is 0 Å². The number of aromatic nitrogens is 3. The Labute approximate surface area is 170 Å². The van der Waals surface area contributed by atoms with E-state index in [0.717, 1.165) is 23.5 Å². The van der Waals surface area contributed by atoms with Gasteiger partial charge in [-0.25, -0.2) is 18.0 Å². The molecule has 0 aliphatic carbocycles. The minimum Gasteiger partial charge on any atom is -0.453 e. The molecule has 162 valence electrons. The third kappa shape index (κ3) is 3.68. The van der Waals surface area contributed by atoms with Crippen LogP contribution in [-0.4, -0.2) is 58.3 Å². The number of carbonyl (C=O) groups is 2. The minimum absolute atomic E-state index is 0.0844. The summed E-state index contributed by atoms with van der Waals surface area (Å²) in [6, 6.07) is 1.13. The lowest BCUT2D eigenvalue weighted by atomic mass is 10.2. The molecule has 1 aliphatic heterocycles. The number of anilines is 1. The van der Waals surface area contributed by atoms with E-state index in [1.165, 1.54) is 24.6 Å². The summed E-state index contributed by atoms with van der Waals surface area (Å²) in [4.78, 5) is 51.0. The lowest BCUT2D eigenvalue weighted by Crippen LogP contribution is -2.42. The number of aromatic amines is 1. The van der Waals surface area contributed by atoms with Gasteiger partial charge >= 0.3 is 11.7 Å². The molecule has 30 heavy (non-hydrogen) atoms. The number of hydrogen-bond acceptors (Lipinski definition) is 8. The van der Waals surface area contributed by atoms with Gasteiger partial charge in [-0.05, 0) is 18.9 Å². The highest BCUT2D eigenvalue weighted by atomic mass is 32.2. The number of sulfonamides is 1. The van der Waals surface area contributed by atoms with E-state index in [0.29, 0.717) is 17.7 Å². The maximum Gasteiger partial charge on any atom is 0.355 e. The van der Waals surface area contributed by atoms with Gasteiger partial charge in [0.15, 0.2) is 6.61 Å². The first-order valence-corrected chi connectivity index (χ1v) is 10.4. The number of nitrogen functional groups attached to an aromatic ring is 1. The van der Waals surface area contributed by atoms with Crippen molar-refractivity contribution in [3.05, 3.63) is 44.4 Å². The molecular weight excluding hydrogens is 418 g/mol. The molecule has 0 atom stereocenters. The van der Waals surface area contributed by atoms with Crippen molar-refractivity contribution in [2.45, 2.75) is 17.7 Å². The molecule has 0 bridgehead atoms. The Balaban J connectivity index is 1.74. The van der Waals surface area contributed by atoms with Gasteiger partial charge in [-0.2, -0.15) is 4.31 Å². The lowest BCUT2D eigenvalue weighted by Gasteiger charge is -2.13. The van der Waals surface area contributed by atoms with Crippen molar-refractivity contribution in [2.24, 2.45) is 14.1 Å². The van der Waals surface area contributed by atoms with Crippen LogP contribution >= 0.6 is 0 Å². The molecule has 2 aromatic heterocycles. The fourth-order valence-corrected chi connectivity index (χ4v) is 4.63. The predicted octanol–water partition coefficient (Wildman–Crippen LogP) is -1.18. The number of nitrogens with one attached hydrogen (secondary N) is 1. The van der Waals surface area contributed by atoms with Crippen molar-refractivity contribution >= 4 is 27.6 Å². The number of nitrogens with zero attached hydrogens (tertiary/aromatic N) is 3. The Hall–Kier alpha value is -3.19. The first-order chi connectivity index (χ1) is 14.1. The number of hydrogen-bond donors (Lipinski definition) is 2. The minimum atomic E-state index is -3.72. The molecule has 1 saturated heterocycles. The van der Waals surface area contributed by atoms with Gasteiger partial charge < -0.3 is 15.5 Å². The van der Waals surface area contributed by atoms with Gasteiger partial charge in [-0.3, -0.25) is 18.7 Å². The lowest BCUT2D eigenvalue weighted by molar-refractivity contribution is 0.0469. The largest absolute Gasteiger partial charge is 0.453 e. The zero-order valence-electron chi connectivity index (χ0n) is 16.4. The van der Waals surface area contributed by atoms with E-state index in [1.807, 2.05) is 0 Å². The standard InChI is InChI=1S/C17H21N5O7S/c1-20-14(18)13(15(24)21(2)17(20)26)12(23)9-29-16(25)11-7-10(8-19-11)30(27,28)22-5-3-4-6-22/h7-8,19H,3-6,9,18H2,1-2H3. The molecule has 0 saturated carbocycles. The van der Waals surface area contributed by atoms with E-state index >= 15 is 0 Å². The second kappa shape index (κ2) is 7.91. The highest BCUT2D eigenvalue weighted by Crippen LogP contribution is 2.21. The van der Waals surface area contributed by atoms with Crippen LogP contribution in [0.2, 0.25) is 0 Å². The predicted molar refractivity (Wildman–Crippen MR) is 105 cm³/mol. The molecule has 0 unspecified atom stereocenters. The molecule has 3 N–H and O–H groups in total.